The minimum absolute atomic E-state index is 0.815. The first kappa shape index (κ1) is 11.2. The molecule has 0 bridgehead atoms. The van der Waals surface area contributed by atoms with Crippen LogP contribution < -0.4 is 0 Å². The minimum atomic E-state index is 0.815. The maximum atomic E-state index is 5.25. The first-order chi connectivity index (χ1) is 6.93. The number of unbranched alkanes of at least 4 members (excludes halogenated alkanes) is 3. The van der Waals surface area contributed by atoms with E-state index in [4.69, 9.17) is 4.74 Å². The van der Waals surface area contributed by atoms with E-state index in [9.17, 15) is 0 Å². The lowest BCUT2D eigenvalue weighted by molar-refractivity contribution is 0.143. The van der Waals surface area contributed by atoms with Gasteiger partial charge in [0.1, 0.15) is 0 Å². The number of hydrogen-bond donors (Lipinski definition) is 0. The van der Waals surface area contributed by atoms with Gasteiger partial charge < -0.3 is 9.26 Å². The first-order valence-corrected chi connectivity index (χ1v) is 5.26. The summed E-state index contributed by atoms with van der Waals surface area (Å²) < 4.78 is 9.89. The predicted octanol–water partition coefficient (Wildman–Crippen LogP) is 2.21. The van der Waals surface area contributed by atoms with Crippen LogP contribution in [-0.2, 0) is 11.2 Å². The van der Waals surface area contributed by atoms with Crippen LogP contribution >= 0.6 is 0 Å². The van der Waals surface area contributed by atoms with Crippen molar-refractivity contribution in [1.82, 2.24) is 10.1 Å². The lowest BCUT2D eigenvalue weighted by Crippen LogP contribution is -1.94. The molecule has 1 aromatic rings. The molecule has 0 aliphatic heterocycles. The molecule has 0 saturated carbocycles. The van der Waals surface area contributed by atoms with E-state index >= 15 is 0 Å². The minimum Gasteiger partial charge on any atom is -0.382 e. The third-order valence-electron chi connectivity index (χ3n) is 2.05. The summed E-state index contributed by atoms with van der Waals surface area (Å²) in [6.07, 6.45) is 7.01. The number of rotatable bonds is 8. The summed E-state index contributed by atoms with van der Waals surface area (Å²) in [5.74, 6) is 0.815. The number of aromatic nitrogens is 2. The van der Waals surface area contributed by atoms with Gasteiger partial charge in [0.25, 0.3) is 0 Å². The molecule has 1 rings (SSSR count). The van der Waals surface area contributed by atoms with Gasteiger partial charge in [-0.15, -0.1) is 0 Å². The Morgan fingerprint density at radius 1 is 1.29 bits per heavy atom. The smallest absolute Gasteiger partial charge is 0.213 e. The number of hydrogen-bond acceptors (Lipinski definition) is 4. The van der Waals surface area contributed by atoms with Gasteiger partial charge in [-0.1, -0.05) is 18.0 Å². The standard InChI is InChI=1S/C10H18N2O2/c1-2-13-8-6-4-3-5-7-10-11-9-14-12-10/h9H,2-8H2,1H3. The fourth-order valence-electron chi connectivity index (χ4n) is 1.29. The van der Waals surface area contributed by atoms with Crippen molar-refractivity contribution in [3.8, 4) is 0 Å². The molecule has 0 unspecified atom stereocenters. The molecular weight excluding hydrogens is 180 g/mol. The van der Waals surface area contributed by atoms with Crippen LogP contribution in [0.25, 0.3) is 0 Å². The summed E-state index contributed by atoms with van der Waals surface area (Å²) in [6, 6.07) is 0. The largest absolute Gasteiger partial charge is 0.382 e. The molecule has 14 heavy (non-hydrogen) atoms. The Balaban J connectivity index is 1.85. The maximum Gasteiger partial charge on any atom is 0.213 e. The summed E-state index contributed by atoms with van der Waals surface area (Å²) in [4.78, 5) is 3.96. The first-order valence-electron chi connectivity index (χ1n) is 5.26. The lowest BCUT2D eigenvalue weighted by atomic mass is 10.1. The van der Waals surface area contributed by atoms with Crippen LogP contribution in [0.3, 0.4) is 0 Å². The Morgan fingerprint density at radius 3 is 2.86 bits per heavy atom. The predicted molar refractivity (Wildman–Crippen MR) is 53.0 cm³/mol. The van der Waals surface area contributed by atoms with Crippen molar-refractivity contribution >= 4 is 0 Å². The molecule has 0 saturated heterocycles. The van der Waals surface area contributed by atoms with Crippen LogP contribution in [0.1, 0.15) is 38.4 Å². The molecule has 4 heteroatoms. The monoisotopic (exact) mass is 198 g/mol. The van der Waals surface area contributed by atoms with E-state index in [-0.39, 0.29) is 0 Å². The Bertz CT molecular complexity index is 212. The van der Waals surface area contributed by atoms with E-state index in [2.05, 4.69) is 14.7 Å². The molecule has 0 aliphatic carbocycles. The molecular formula is C10H18N2O2. The Hall–Kier alpha value is -0.900. The van der Waals surface area contributed by atoms with E-state index in [1.165, 1.54) is 19.2 Å². The molecule has 1 aromatic heterocycles. The van der Waals surface area contributed by atoms with Gasteiger partial charge in [0, 0.05) is 19.6 Å². The quantitative estimate of drug-likeness (QED) is 0.601. The maximum absolute atomic E-state index is 5.25. The van der Waals surface area contributed by atoms with Crippen molar-refractivity contribution in [2.45, 2.75) is 39.0 Å². The third kappa shape index (κ3) is 4.97. The van der Waals surface area contributed by atoms with Crippen LogP contribution in [0, 0.1) is 0 Å². The molecule has 80 valence electrons. The van der Waals surface area contributed by atoms with Crippen molar-refractivity contribution in [2.24, 2.45) is 0 Å². The van der Waals surface area contributed by atoms with Gasteiger partial charge in [0.2, 0.25) is 6.39 Å². The molecule has 1 heterocycles. The zero-order valence-corrected chi connectivity index (χ0v) is 8.74. The summed E-state index contributed by atoms with van der Waals surface area (Å²) in [7, 11) is 0. The summed E-state index contributed by atoms with van der Waals surface area (Å²) in [6.45, 7) is 3.73. The van der Waals surface area contributed by atoms with E-state index in [1.54, 1.807) is 0 Å². The number of nitrogens with zero attached hydrogens (tertiary/aromatic N) is 2. The highest BCUT2D eigenvalue weighted by molar-refractivity contribution is 4.76. The molecule has 0 atom stereocenters. The molecule has 0 fully saturated rings. The molecule has 0 radical (unpaired) electrons. The van der Waals surface area contributed by atoms with E-state index in [0.717, 1.165) is 38.3 Å². The van der Waals surface area contributed by atoms with Crippen molar-refractivity contribution in [2.75, 3.05) is 13.2 Å². The van der Waals surface area contributed by atoms with Gasteiger partial charge in [0.15, 0.2) is 5.82 Å². The van der Waals surface area contributed by atoms with E-state index in [1.807, 2.05) is 6.92 Å². The molecule has 0 amide bonds. The van der Waals surface area contributed by atoms with Crippen LogP contribution in [0.4, 0.5) is 0 Å². The Morgan fingerprint density at radius 2 is 2.14 bits per heavy atom. The van der Waals surface area contributed by atoms with Crippen molar-refractivity contribution in [3.63, 3.8) is 0 Å². The Labute approximate surface area is 84.6 Å². The van der Waals surface area contributed by atoms with E-state index < -0.39 is 0 Å². The number of aryl methyl sites for hydroxylation is 1. The fourth-order valence-corrected chi connectivity index (χ4v) is 1.29. The van der Waals surface area contributed by atoms with Gasteiger partial charge in [-0.2, -0.15) is 4.98 Å². The van der Waals surface area contributed by atoms with Crippen molar-refractivity contribution in [1.29, 1.82) is 0 Å². The average molecular weight is 198 g/mol. The molecule has 4 nitrogen and oxygen atoms in total. The van der Waals surface area contributed by atoms with Crippen LogP contribution in [0.2, 0.25) is 0 Å². The topological polar surface area (TPSA) is 48.2 Å². The molecule has 0 aromatic carbocycles. The second-order valence-electron chi connectivity index (χ2n) is 3.21. The normalized spacial score (nSPS) is 10.6. The SMILES string of the molecule is CCOCCCCCCc1ncon1. The van der Waals surface area contributed by atoms with Crippen LogP contribution in [-0.4, -0.2) is 23.4 Å². The molecule has 0 spiro atoms. The van der Waals surface area contributed by atoms with Gasteiger partial charge in [-0.3, -0.25) is 0 Å². The number of ether oxygens (including phenoxy) is 1. The highest BCUT2D eigenvalue weighted by atomic mass is 16.5. The summed E-state index contributed by atoms with van der Waals surface area (Å²) in [5.41, 5.74) is 0. The lowest BCUT2D eigenvalue weighted by Gasteiger charge is -2.00. The second-order valence-corrected chi connectivity index (χ2v) is 3.21. The van der Waals surface area contributed by atoms with Crippen LogP contribution in [0.5, 0.6) is 0 Å². The Kier molecular flexibility index (Phi) is 5.99. The molecule has 0 aliphatic rings. The zero-order valence-electron chi connectivity index (χ0n) is 8.74. The van der Waals surface area contributed by atoms with Crippen LogP contribution in [0.15, 0.2) is 10.9 Å². The molecule has 0 N–H and O–H groups in total. The fraction of sp³-hybridized carbons (Fsp3) is 0.800. The highest BCUT2D eigenvalue weighted by Crippen LogP contribution is 2.04. The van der Waals surface area contributed by atoms with Gasteiger partial charge >= 0.3 is 0 Å². The summed E-state index contributed by atoms with van der Waals surface area (Å²) in [5, 5.41) is 3.75. The van der Waals surface area contributed by atoms with E-state index in [0.29, 0.717) is 0 Å². The highest BCUT2D eigenvalue weighted by Gasteiger charge is 1.97. The zero-order chi connectivity index (χ0) is 10.1. The van der Waals surface area contributed by atoms with Crippen molar-refractivity contribution in [3.05, 3.63) is 12.2 Å². The van der Waals surface area contributed by atoms with Gasteiger partial charge in [0.05, 0.1) is 0 Å². The van der Waals surface area contributed by atoms with Crippen molar-refractivity contribution < 1.29 is 9.26 Å². The van der Waals surface area contributed by atoms with Gasteiger partial charge in [-0.05, 0) is 19.8 Å². The summed E-state index contributed by atoms with van der Waals surface area (Å²) >= 11 is 0. The second kappa shape index (κ2) is 7.50. The van der Waals surface area contributed by atoms with Gasteiger partial charge in [-0.25, -0.2) is 0 Å². The third-order valence-corrected chi connectivity index (χ3v) is 2.05. The average Bonchev–Trinajstić information content (AvgIpc) is 2.69.